The van der Waals surface area contributed by atoms with Gasteiger partial charge in [0, 0.05) is 17.4 Å². The Hall–Kier alpha value is -1.62. The van der Waals surface area contributed by atoms with Crippen molar-refractivity contribution in [1.29, 1.82) is 0 Å². The zero-order valence-electron chi connectivity index (χ0n) is 8.01. The maximum atomic E-state index is 10.7. The molecule has 0 radical (unpaired) electrons. The zero-order chi connectivity index (χ0) is 10.7. The van der Waals surface area contributed by atoms with Crippen molar-refractivity contribution >= 4 is 18.0 Å². The van der Waals surface area contributed by atoms with Crippen molar-refractivity contribution in [2.45, 2.75) is 17.0 Å². The molecule has 0 N–H and O–H groups in total. The number of benzene rings is 1. The summed E-state index contributed by atoms with van der Waals surface area (Å²) in [7, 11) is 0. The van der Waals surface area contributed by atoms with Gasteiger partial charge in [0.15, 0.2) is 6.29 Å². The molecule has 0 atom stereocenters. The number of nitrogens with zero attached hydrogens (tertiary/aromatic N) is 2. The summed E-state index contributed by atoms with van der Waals surface area (Å²) in [6, 6.07) is 7.26. The molecule has 0 amide bonds. The Morgan fingerprint density at radius 2 is 2.13 bits per heavy atom. The Labute approximate surface area is 90.7 Å². The molecule has 1 aromatic heterocycles. The number of hydrogen-bond acceptors (Lipinski definition) is 5. The van der Waals surface area contributed by atoms with Crippen LogP contribution >= 0.6 is 11.8 Å². The predicted octanol–water partition coefficient (Wildman–Crippen LogP) is 2.34. The van der Waals surface area contributed by atoms with Gasteiger partial charge in [0.25, 0.3) is 5.22 Å². The summed E-state index contributed by atoms with van der Waals surface area (Å²) < 4.78 is 5.21. The minimum Gasteiger partial charge on any atom is -0.416 e. The summed E-state index contributed by atoms with van der Waals surface area (Å²) in [5.41, 5.74) is 0.623. The summed E-state index contributed by atoms with van der Waals surface area (Å²) in [5, 5.41) is 8.01. The summed E-state index contributed by atoms with van der Waals surface area (Å²) in [4.78, 5) is 11.6. The van der Waals surface area contributed by atoms with Crippen LogP contribution in [0.4, 0.5) is 0 Å². The van der Waals surface area contributed by atoms with Gasteiger partial charge in [0.05, 0.1) is 0 Å². The first-order valence-corrected chi connectivity index (χ1v) is 5.13. The van der Waals surface area contributed by atoms with Crippen LogP contribution < -0.4 is 0 Å². The lowest BCUT2D eigenvalue weighted by atomic mass is 10.2. The molecule has 0 aliphatic heterocycles. The number of carbonyl (C=O) groups excluding carboxylic acids is 1. The third-order valence-electron chi connectivity index (χ3n) is 1.75. The topological polar surface area (TPSA) is 56.0 Å². The number of aromatic nitrogens is 2. The number of carbonyl (C=O) groups is 1. The highest BCUT2D eigenvalue weighted by Gasteiger charge is 2.07. The lowest BCUT2D eigenvalue weighted by Crippen LogP contribution is -1.83. The van der Waals surface area contributed by atoms with E-state index in [1.165, 1.54) is 11.8 Å². The van der Waals surface area contributed by atoms with Crippen molar-refractivity contribution in [3.8, 4) is 0 Å². The molecule has 0 saturated heterocycles. The molecule has 0 fully saturated rings. The van der Waals surface area contributed by atoms with E-state index in [1.54, 1.807) is 13.0 Å². The maximum Gasteiger partial charge on any atom is 0.281 e. The van der Waals surface area contributed by atoms with Crippen LogP contribution in [0, 0.1) is 6.92 Å². The summed E-state index contributed by atoms with van der Waals surface area (Å²) in [6.45, 7) is 1.72. The molecule has 2 rings (SSSR count). The highest BCUT2D eigenvalue weighted by molar-refractivity contribution is 7.99. The molecule has 0 spiro atoms. The summed E-state index contributed by atoms with van der Waals surface area (Å²) >= 11 is 1.29. The Balaban J connectivity index is 2.27. The van der Waals surface area contributed by atoms with Gasteiger partial charge in [0.2, 0.25) is 5.89 Å². The van der Waals surface area contributed by atoms with Crippen LogP contribution in [0.3, 0.4) is 0 Å². The van der Waals surface area contributed by atoms with E-state index in [9.17, 15) is 4.79 Å². The fraction of sp³-hybridized carbons (Fsp3) is 0.100. The summed E-state index contributed by atoms with van der Waals surface area (Å²) in [6.07, 6.45) is 0.811. The van der Waals surface area contributed by atoms with E-state index >= 15 is 0 Å². The quantitative estimate of drug-likeness (QED) is 0.743. The molecule has 0 unspecified atom stereocenters. The number of hydrogen-bond donors (Lipinski definition) is 0. The van der Waals surface area contributed by atoms with E-state index in [2.05, 4.69) is 10.2 Å². The van der Waals surface area contributed by atoms with Gasteiger partial charge in [-0.2, -0.15) is 0 Å². The maximum absolute atomic E-state index is 10.7. The minimum absolute atomic E-state index is 0.446. The molecule has 0 saturated carbocycles. The van der Waals surface area contributed by atoms with Crippen molar-refractivity contribution in [1.82, 2.24) is 10.2 Å². The van der Waals surface area contributed by atoms with E-state index in [1.807, 2.05) is 18.2 Å². The molecule has 1 heterocycles. The van der Waals surface area contributed by atoms with Gasteiger partial charge in [-0.3, -0.25) is 4.79 Å². The molecule has 2 aromatic rings. The third kappa shape index (κ3) is 2.24. The van der Waals surface area contributed by atoms with Crippen LogP contribution in [0.25, 0.3) is 0 Å². The molecule has 5 heteroatoms. The van der Waals surface area contributed by atoms with Crippen molar-refractivity contribution in [2.24, 2.45) is 0 Å². The van der Waals surface area contributed by atoms with Gasteiger partial charge >= 0.3 is 0 Å². The minimum atomic E-state index is 0.446. The van der Waals surface area contributed by atoms with Gasteiger partial charge in [-0.15, -0.1) is 10.2 Å². The molecule has 0 bridgehead atoms. The fourth-order valence-corrected chi connectivity index (χ4v) is 1.90. The largest absolute Gasteiger partial charge is 0.416 e. The van der Waals surface area contributed by atoms with Crippen LogP contribution in [-0.2, 0) is 0 Å². The average Bonchev–Trinajstić information content (AvgIpc) is 2.65. The highest BCUT2D eigenvalue weighted by atomic mass is 32.2. The standard InChI is InChI=1S/C10H8N2O2S/c1-7-11-12-10(14-7)15-9-5-3-2-4-8(9)6-13/h2-6H,1H3. The van der Waals surface area contributed by atoms with Gasteiger partial charge < -0.3 is 4.42 Å². The van der Waals surface area contributed by atoms with Crippen LogP contribution in [0.5, 0.6) is 0 Å². The van der Waals surface area contributed by atoms with Crippen molar-refractivity contribution in [2.75, 3.05) is 0 Å². The second-order valence-electron chi connectivity index (χ2n) is 2.84. The molecule has 15 heavy (non-hydrogen) atoms. The predicted molar refractivity (Wildman–Crippen MR) is 55.0 cm³/mol. The van der Waals surface area contributed by atoms with Crippen LogP contribution in [-0.4, -0.2) is 16.5 Å². The summed E-state index contributed by atoms with van der Waals surface area (Å²) in [5.74, 6) is 0.515. The van der Waals surface area contributed by atoms with E-state index < -0.39 is 0 Å². The van der Waals surface area contributed by atoms with Crippen molar-refractivity contribution in [3.63, 3.8) is 0 Å². The van der Waals surface area contributed by atoms with Crippen molar-refractivity contribution < 1.29 is 9.21 Å². The monoisotopic (exact) mass is 220 g/mol. The third-order valence-corrected chi connectivity index (χ3v) is 2.68. The van der Waals surface area contributed by atoms with Crippen molar-refractivity contribution in [3.05, 3.63) is 35.7 Å². The Morgan fingerprint density at radius 1 is 1.33 bits per heavy atom. The average molecular weight is 220 g/mol. The number of rotatable bonds is 3. The first-order chi connectivity index (χ1) is 7.29. The van der Waals surface area contributed by atoms with Gasteiger partial charge in [-0.1, -0.05) is 18.2 Å². The fourth-order valence-electron chi connectivity index (χ4n) is 1.08. The second kappa shape index (κ2) is 4.27. The molecule has 4 nitrogen and oxygen atoms in total. The molecule has 0 aliphatic carbocycles. The molecule has 76 valence electrons. The smallest absolute Gasteiger partial charge is 0.281 e. The Morgan fingerprint density at radius 3 is 2.80 bits per heavy atom. The number of aldehydes is 1. The van der Waals surface area contributed by atoms with E-state index in [4.69, 9.17) is 4.42 Å². The first kappa shape index (κ1) is 9.92. The molecule has 1 aromatic carbocycles. The number of aryl methyl sites for hydroxylation is 1. The van der Waals surface area contributed by atoms with Gasteiger partial charge in [-0.05, 0) is 17.8 Å². The van der Waals surface area contributed by atoms with E-state index in [-0.39, 0.29) is 0 Å². The zero-order valence-corrected chi connectivity index (χ0v) is 8.82. The normalized spacial score (nSPS) is 10.2. The van der Waals surface area contributed by atoms with Crippen LogP contribution in [0.1, 0.15) is 16.2 Å². The lowest BCUT2D eigenvalue weighted by molar-refractivity contribution is 0.112. The molecular formula is C10H8N2O2S. The SMILES string of the molecule is Cc1nnc(Sc2ccccc2C=O)o1. The second-order valence-corrected chi connectivity index (χ2v) is 3.84. The van der Waals surface area contributed by atoms with E-state index in [0.717, 1.165) is 11.2 Å². The van der Waals surface area contributed by atoms with Crippen LogP contribution in [0.15, 0.2) is 38.8 Å². The van der Waals surface area contributed by atoms with E-state index in [0.29, 0.717) is 16.7 Å². The van der Waals surface area contributed by atoms with Crippen LogP contribution in [0.2, 0.25) is 0 Å². The first-order valence-electron chi connectivity index (χ1n) is 4.32. The molecular weight excluding hydrogens is 212 g/mol. The van der Waals surface area contributed by atoms with Gasteiger partial charge in [-0.25, -0.2) is 0 Å². The lowest BCUT2D eigenvalue weighted by Gasteiger charge is -1.98. The highest BCUT2D eigenvalue weighted by Crippen LogP contribution is 2.28. The van der Waals surface area contributed by atoms with Gasteiger partial charge in [0.1, 0.15) is 0 Å². The Bertz CT molecular complexity index is 482. The molecule has 0 aliphatic rings. The Kier molecular flexibility index (Phi) is 2.82.